The third kappa shape index (κ3) is 5.03. The zero-order valence-electron chi connectivity index (χ0n) is 19.3. The second-order valence-corrected chi connectivity index (χ2v) is 9.81. The summed E-state index contributed by atoms with van der Waals surface area (Å²) >= 11 is 6.13. The summed E-state index contributed by atoms with van der Waals surface area (Å²) < 4.78 is 0. The van der Waals surface area contributed by atoms with Crippen LogP contribution in [0.1, 0.15) is 40.8 Å². The molecule has 2 fully saturated rings. The Morgan fingerprint density at radius 2 is 1.65 bits per heavy atom. The average Bonchev–Trinajstić information content (AvgIpc) is 3.29. The lowest BCUT2D eigenvalue weighted by Crippen LogP contribution is -2.54. The molecule has 2 heterocycles. The maximum absolute atomic E-state index is 13.6. The van der Waals surface area contributed by atoms with Crippen molar-refractivity contribution in [3.8, 4) is 0 Å². The van der Waals surface area contributed by atoms with Crippen molar-refractivity contribution >= 4 is 17.5 Å². The number of carbonyl (C=O) groups excluding carboxylic acids is 1. The van der Waals surface area contributed by atoms with E-state index in [1.165, 1.54) is 16.7 Å². The van der Waals surface area contributed by atoms with Crippen molar-refractivity contribution in [2.24, 2.45) is 11.8 Å². The van der Waals surface area contributed by atoms with Gasteiger partial charge in [0.1, 0.15) is 0 Å². The van der Waals surface area contributed by atoms with Gasteiger partial charge in [-0.1, -0.05) is 83.9 Å². The van der Waals surface area contributed by atoms with Crippen LogP contribution < -0.4 is 21.5 Å². The molecule has 34 heavy (non-hydrogen) atoms. The van der Waals surface area contributed by atoms with Gasteiger partial charge in [-0.25, -0.2) is 10.9 Å². The lowest BCUT2D eigenvalue weighted by molar-refractivity contribution is -0.128. The minimum atomic E-state index is -0.142. The number of carbonyl (C=O) groups is 1. The van der Waals surface area contributed by atoms with Gasteiger partial charge in [0.15, 0.2) is 0 Å². The Morgan fingerprint density at radius 1 is 0.941 bits per heavy atom. The Bertz CT molecular complexity index is 1100. The number of aryl methyl sites for hydroxylation is 1. The van der Waals surface area contributed by atoms with Gasteiger partial charge in [-0.2, -0.15) is 0 Å². The van der Waals surface area contributed by atoms with Gasteiger partial charge in [0.05, 0.1) is 12.2 Å². The molecule has 2 aliphatic heterocycles. The number of piperidine rings is 1. The van der Waals surface area contributed by atoms with E-state index in [0.717, 1.165) is 18.4 Å². The Labute approximate surface area is 206 Å². The molecule has 0 saturated carbocycles. The lowest BCUT2D eigenvalue weighted by Gasteiger charge is -2.40. The summed E-state index contributed by atoms with van der Waals surface area (Å²) in [7, 11) is 0. The van der Waals surface area contributed by atoms with Crippen LogP contribution in [0, 0.1) is 18.8 Å². The van der Waals surface area contributed by atoms with Crippen molar-refractivity contribution in [3.63, 3.8) is 0 Å². The summed E-state index contributed by atoms with van der Waals surface area (Å²) in [6, 6.07) is 26.9. The first-order chi connectivity index (χ1) is 16.6. The first-order valence-electron chi connectivity index (χ1n) is 12.0. The second kappa shape index (κ2) is 10.3. The Hall–Kier alpha value is -2.70. The topological polar surface area (TPSA) is 65.2 Å². The number of hydrogen-bond donors (Lipinski definition) is 4. The summed E-state index contributed by atoms with van der Waals surface area (Å²) in [6.45, 7) is 2.72. The molecule has 5 atom stereocenters. The minimum absolute atomic E-state index is 0.0126. The first kappa shape index (κ1) is 23.1. The van der Waals surface area contributed by atoms with E-state index >= 15 is 0 Å². The molecule has 3 aromatic carbocycles. The fraction of sp³-hybridized carbons (Fsp3) is 0.321. The molecule has 0 bridgehead atoms. The molecule has 0 radical (unpaired) electrons. The quantitative estimate of drug-likeness (QED) is 0.426. The summed E-state index contributed by atoms with van der Waals surface area (Å²) in [5, 5.41) is 7.69. The Balaban J connectivity index is 1.36. The first-order valence-corrected chi connectivity index (χ1v) is 12.4. The van der Waals surface area contributed by atoms with E-state index in [0.29, 0.717) is 11.6 Å². The number of halogens is 1. The fourth-order valence-electron chi connectivity index (χ4n) is 5.27. The van der Waals surface area contributed by atoms with Gasteiger partial charge in [-0.15, -0.1) is 0 Å². The zero-order valence-corrected chi connectivity index (χ0v) is 20.1. The highest BCUT2D eigenvalue weighted by atomic mass is 35.5. The number of rotatable bonds is 6. The molecule has 5 rings (SSSR count). The van der Waals surface area contributed by atoms with Crippen LogP contribution in [0.4, 0.5) is 0 Å². The van der Waals surface area contributed by atoms with Crippen LogP contribution in [0.5, 0.6) is 0 Å². The number of fused-ring (bicyclic) bond motifs is 1. The number of nitrogens with one attached hydrogen (secondary N) is 4. The van der Waals surface area contributed by atoms with E-state index in [4.69, 9.17) is 11.6 Å². The summed E-state index contributed by atoms with van der Waals surface area (Å²) in [4.78, 5) is 13.6. The van der Waals surface area contributed by atoms with Crippen molar-refractivity contribution in [3.05, 3.63) is 106 Å². The van der Waals surface area contributed by atoms with E-state index in [9.17, 15) is 4.79 Å². The maximum Gasteiger partial charge on any atom is 0.223 e. The highest BCUT2D eigenvalue weighted by molar-refractivity contribution is 6.30. The van der Waals surface area contributed by atoms with Crippen molar-refractivity contribution in [1.82, 2.24) is 21.5 Å². The predicted octanol–water partition coefficient (Wildman–Crippen LogP) is 4.45. The molecule has 2 aliphatic rings. The van der Waals surface area contributed by atoms with Gasteiger partial charge in [0, 0.05) is 29.4 Å². The van der Waals surface area contributed by atoms with Crippen LogP contribution in [0.15, 0.2) is 78.9 Å². The van der Waals surface area contributed by atoms with Crippen molar-refractivity contribution in [2.75, 3.05) is 6.54 Å². The Kier molecular flexibility index (Phi) is 6.97. The standard InChI is InChI=1S/C28H31ClN4O/c1-18-7-9-20(10-8-18)24-17-23(28(34)30-16-15-19-5-3-2-4-6-19)25-26(32-33-27(25)31-24)21-11-13-22(29)14-12-21/h2-14,23-27,31-33H,15-17H2,1H3,(H,30,34). The van der Waals surface area contributed by atoms with Crippen molar-refractivity contribution in [1.29, 1.82) is 0 Å². The molecule has 176 valence electrons. The summed E-state index contributed by atoms with van der Waals surface area (Å²) in [5.74, 6) is 0.0464. The molecule has 0 aromatic heterocycles. The van der Waals surface area contributed by atoms with Crippen molar-refractivity contribution in [2.45, 2.75) is 38.0 Å². The number of benzene rings is 3. The fourth-order valence-corrected chi connectivity index (χ4v) is 5.40. The van der Waals surface area contributed by atoms with Gasteiger partial charge in [0.2, 0.25) is 5.91 Å². The molecule has 6 heteroatoms. The molecule has 0 spiro atoms. The van der Waals surface area contributed by atoms with Crippen LogP contribution in [-0.2, 0) is 11.2 Å². The van der Waals surface area contributed by atoms with Crippen LogP contribution in [0.25, 0.3) is 0 Å². The maximum atomic E-state index is 13.6. The van der Waals surface area contributed by atoms with Gasteiger partial charge in [0.25, 0.3) is 0 Å². The molecule has 3 aromatic rings. The van der Waals surface area contributed by atoms with Gasteiger partial charge in [-0.3, -0.25) is 10.1 Å². The van der Waals surface area contributed by atoms with Crippen LogP contribution >= 0.6 is 11.6 Å². The number of amides is 1. The minimum Gasteiger partial charge on any atom is -0.356 e. The number of hydrazine groups is 1. The monoisotopic (exact) mass is 474 g/mol. The highest BCUT2D eigenvalue weighted by Gasteiger charge is 2.49. The van der Waals surface area contributed by atoms with Crippen LogP contribution in [0.2, 0.25) is 5.02 Å². The highest BCUT2D eigenvalue weighted by Crippen LogP contribution is 2.42. The average molecular weight is 475 g/mol. The Morgan fingerprint density at radius 3 is 2.38 bits per heavy atom. The molecule has 1 amide bonds. The summed E-state index contributed by atoms with van der Waals surface area (Å²) in [5.41, 5.74) is 11.7. The molecule has 2 saturated heterocycles. The smallest absolute Gasteiger partial charge is 0.223 e. The summed E-state index contributed by atoms with van der Waals surface area (Å²) in [6.07, 6.45) is 1.55. The van der Waals surface area contributed by atoms with E-state index < -0.39 is 0 Å². The third-order valence-electron chi connectivity index (χ3n) is 7.10. The molecule has 5 nitrogen and oxygen atoms in total. The van der Waals surface area contributed by atoms with Gasteiger partial charge >= 0.3 is 0 Å². The van der Waals surface area contributed by atoms with Gasteiger partial charge < -0.3 is 5.32 Å². The molecular formula is C28H31ClN4O. The van der Waals surface area contributed by atoms with Crippen molar-refractivity contribution < 1.29 is 4.79 Å². The molecular weight excluding hydrogens is 444 g/mol. The zero-order chi connectivity index (χ0) is 23.5. The number of hydrogen-bond acceptors (Lipinski definition) is 4. The third-order valence-corrected chi connectivity index (χ3v) is 7.35. The molecule has 4 N–H and O–H groups in total. The van der Waals surface area contributed by atoms with Gasteiger partial charge in [-0.05, 0) is 48.6 Å². The van der Waals surface area contributed by atoms with E-state index in [1.54, 1.807) is 0 Å². The predicted molar refractivity (Wildman–Crippen MR) is 136 cm³/mol. The SMILES string of the molecule is Cc1ccc(C2CC(C(=O)NCCc3ccccc3)C3C(NNC3c3ccc(Cl)cc3)N2)cc1. The van der Waals surface area contributed by atoms with E-state index in [2.05, 4.69) is 64.8 Å². The van der Waals surface area contributed by atoms with Crippen LogP contribution in [-0.4, -0.2) is 18.6 Å². The molecule has 0 aliphatic carbocycles. The van der Waals surface area contributed by atoms with E-state index in [1.807, 2.05) is 42.5 Å². The second-order valence-electron chi connectivity index (χ2n) is 9.37. The molecule has 5 unspecified atom stereocenters. The normalized spacial score (nSPS) is 26.1. The van der Waals surface area contributed by atoms with Crippen LogP contribution in [0.3, 0.4) is 0 Å². The lowest BCUT2D eigenvalue weighted by atomic mass is 9.74. The largest absolute Gasteiger partial charge is 0.356 e. The van der Waals surface area contributed by atoms with E-state index in [-0.39, 0.29) is 36.0 Å².